The molecule has 1 atom stereocenters. The van der Waals surface area contributed by atoms with Gasteiger partial charge in [0.1, 0.15) is 0 Å². The number of alkyl halides is 4. The first-order valence-corrected chi connectivity index (χ1v) is 8.59. The molecule has 0 amide bonds. The number of benzene rings is 1. The van der Waals surface area contributed by atoms with Gasteiger partial charge in [-0.2, -0.15) is 13.2 Å². The molecule has 1 aliphatic rings. The Morgan fingerprint density at radius 1 is 1.24 bits per heavy atom. The van der Waals surface area contributed by atoms with E-state index in [2.05, 4.69) is 27.8 Å². The normalized spacial score (nSPS) is 20.4. The average molecular weight is 364 g/mol. The molecule has 1 aromatic carbocycles. The second-order valence-electron chi connectivity index (χ2n) is 5.67. The van der Waals surface area contributed by atoms with Crippen LogP contribution >= 0.6 is 15.9 Å². The van der Waals surface area contributed by atoms with Gasteiger partial charge >= 0.3 is 6.18 Å². The van der Waals surface area contributed by atoms with Crippen molar-refractivity contribution in [1.29, 1.82) is 0 Å². The van der Waals surface area contributed by atoms with Crippen molar-refractivity contribution in [2.45, 2.75) is 44.1 Å². The summed E-state index contributed by atoms with van der Waals surface area (Å²) in [6.07, 6.45) is 0.164. The van der Waals surface area contributed by atoms with Crippen LogP contribution in [0.2, 0.25) is 0 Å². The summed E-state index contributed by atoms with van der Waals surface area (Å²) < 4.78 is 39.4. The summed E-state index contributed by atoms with van der Waals surface area (Å²) >= 11 is 3.14. The van der Waals surface area contributed by atoms with Crippen LogP contribution in [0.15, 0.2) is 18.2 Å². The molecule has 1 nitrogen and oxygen atoms in total. The van der Waals surface area contributed by atoms with Crippen LogP contribution in [0.1, 0.15) is 43.7 Å². The third kappa shape index (κ3) is 4.15. The fourth-order valence-electron chi connectivity index (χ4n) is 2.97. The first kappa shape index (κ1) is 16.7. The third-order valence-corrected chi connectivity index (χ3v) is 4.94. The van der Waals surface area contributed by atoms with Gasteiger partial charge in [0.15, 0.2) is 0 Å². The Hall–Kier alpha value is -0.710. The van der Waals surface area contributed by atoms with E-state index in [1.54, 1.807) is 6.07 Å². The highest BCUT2D eigenvalue weighted by atomic mass is 79.9. The highest BCUT2D eigenvalue weighted by molar-refractivity contribution is 9.08. The molecule has 0 N–H and O–H groups in total. The SMILES string of the molecule is CCC1CCCN(c2ccc(CBr)c(C(F)(F)F)c2)CC1. The van der Waals surface area contributed by atoms with E-state index in [1.807, 2.05) is 6.07 Å². The summed E-state index contributed by atoms with van der Waals surface area (Å²) in [7, 11) is 0. The van der Waals surface area contributed by atoms with Gasteiger partial charge < -0.3 is 4.90 Å². The van der Waals surface area contributed by atoms with Crippen LogP contribution in [0.3, 0.4) is 0 Å². The Balaban J connectivity index is 2.24. The predicted octanol–water partition coefficient (Wildman–Crippen LogP) is 5.62. The zero-order valence-corrected chi connectivity index (χ0v) is 13.8. The van der Waals surface area contributed by atoms with Crippen molar-refractivity contribution in [3.63, 3.8) is 0 Å². The second kappa shape index (κ2) is 7.03. The molecule has 1 heterocycles. The summed E-state index contributed by atoms with van der Waals surface area (Å²) in [6, 6.07) is 4.72. The molecule has 0 saturated carbocycles. The Morgan fingerprint density at radius 3 is 2.62 bits per heavy atom. The van der Waals surface area contributed by atoms with Crippen LogP contribution in [0.25, 0.3) is 0 Å². The van der Waals surface area contributed by atoms with E-state index in [0.29, 0.717) is 17.2 Å². The van der Waals surface area contributed by atoms with E-state index in [1.165, 1.54) is 12.5 Å². The summed E-state index contributed by atoms with van der Waals surface area (Å²) in [5.41, 5.74) is 0.476. The smallest absolute Gasteiger partial charge is 0.372 e. The van der Waals surface area contributed by atoms with Crippen molar-refractivity contribution >= 4 is 21.6 Å². The molecule has 0 radical (unpaired) electrons. The summed E-state index contributed by atoms with van der Waals surface area (Å²) in [5.74, 6) is 0.707. The maximum atomic E-state index is 13.1. The number of halogens is 4. The van der Waals surface area contributed by atoms with Crippen molar-refractivity contribution in [2.75, 3.05) is 18.0 Å². The maximum absolute atomic E-state index is 13.1. The molecule has 1 aliphatic heterocycles. The van der Waals surface area contributed by atoms with Gasteiger partial charge in [0.25, 0.3) is 0 Å². The molecule has 1 fully saturated rings. The Kier molecular flexibility index (Phi) is 5.58. The van der Waals surface area contributed by atoms with Crippen molar-refractivity contribution in [3.8, 4) is 0 Å². The van der Waals surface area contributed by atoms with Crippen LogP contribution in [-0.2, 0) is 11.5 Å². The summed E-state index contributed by atoms with van der Waals surface area (Å²) in [6.45, 7) is 3.89. The monoisotopic (exact) mass is 363 g/mol. The molecule has 5 heteroatoms. The lowest BCUT2D eigenvalue weighted by molar-refractivity contribution is -0.138. The molecule has 1 unspecified atom stereocenters. The van der Waals surface area contributed by atoms with Gasteiger partial charge in [0, 0.05) is 24.1 Å². The van der Waals surface area contributed by atoms with Crippen molar-refractivity contribution in [3.05, 3.63) is 29.3 Å². The lowest BCUT2D eigenvalue weighted by atomic mass is 9.98. The minimum absolute atomic E-state index is 0.222. The van der Waals surface area contributed by atoms with Crippen molar-refractivity contribution in [2.24, 2.45) is 5.92 Å². The van der Waals surface area contributed by atoms with Crippen molar-refractivity contribution < 1.29 is 13.2 Å². The predicted molar refractivity (Wildman–Crippen MR) is 83.9 cm³/mol. The molecule has 1 saturated heterocycles. The molecular formula is C16H21BrF3N. The Bertz CT molecular complexity index is 473. The first-order valence-electron chi connectivity index (χ1n) is 7.46. The fraction of sp³-hybridized carbons (Fsp3) is 0.625. The minimum atomic E-state index is -4.29. The second-order valence-corrected chi connectivity index (χ2v) is 6.23. The zero-order valence-electron chi connectivity index (χ0n) is 12.2. The maximum Gasteiger partial charge on any atom is 0.416 e. The number of anilines is 1. The Labute approximate surface area is 132 Å². The van der Waals surface area contributed by atoms with Gasteiger partial charge in [-0.25, -0.2) is 0 Å². The quantitative estimate of drug-likeness (QED) is 0.630. The molecule has 21 heavy (non-hydrogen) atoms. The van der Waals surface area contributed by atoms with E-state index in [-0.39, 0.29) is 5.33 Å². The highest BCUT2D eigenvalue weighted by Gasteiger charge is 2.33. The molecular weight excluding hydrogens is 343 g/mol. The number of hydrogen-bond acceptors (Lipinski definition) is 1. The van der Waals surface area contributed by atoms with Crippen molar-refractivity contribution in [1.82, 2.24) is 0 Å². The molecule has 0 spiro atoms. The van der Waals surface area contributed by atoms with Gasteiger partial charge in [-0.05, 0) is 42.9 Å². The van der Waals surface area contributed by atoms with Gasteiger partial charge in [-0.3, -0.25) is 0 Å². The molecule has 0 bridgehead atoms. The largest absolute Gasteiger partial charge is 0.416 e. The van der Waals surface area contributed by atoms with Crippen LogP contribution < -0.4 is 4.90 Å². The third-order valence-electron chi connectivity index (χ3n) is 4.33. The van der Waals surface area contributed by atoms with Gasteiger partial charge in [0.2, 0.25) is 0 Å². The van der Waals surface area contributed by atoms with E-state index in [4.69, 9.17) is 0 Å². The van der Waals surface area contributed by atoms with Crippen LogP contribution in [0.5, 0.6) is 0 Å². The number of rotatable bonds is 3. The molecule has 118 valence electrons. The number of hydrogen-bond donors (Lipinski definition) is 0. The first-order chi connectivity index (χ1) is 9.95. The molecule has 2 rings (SSSR count). The van der Waals surface area contributed by atoms with E-state index >= 15 is 0 Å². The summed E-state index contributed by atoms with van der Waals surface area (Å²) in [4.78, 5) is 2.10. The molecule has 0 aromatic heterocycles. The molecule has 1 aromatic rings. The minimum Gasteiger partial charge on any atom is -0.372 e. The van der Waals surface area contributed by atoms with E-state index in [0.717, 1.165) is 32.4 Å². The van der Waals surface area contributed by atoms with E-state index < -0.39 is 11.7 Å². The van der Waals surface area contributed by atoms with Crippen LogP contribution in [0, 0.1) is 5.92 Å². The Morgan fingerprint density at radius 2 is 2.00 bits per heavy atom. The lowest BCUT2D eigenvalue weighted by Crippen LogP contribution is -2.25. The van der Waals surface area contributed by atoms with Crippen LogP contribution in [0.4, 0.5) is 18.9 Å². The summed E-state index contributed by atoms with van der Waals surface area (Å²) in [5, 5.41) is 0.222. The topological polar surface area (TPSA) is 3.24 Å². The highest BCUT2D eigenvalue weighted by Crippen LogP contribution is 2.36. The lowest BCUT2D eigenvalue weighted by Gasteiger charge is -2.24. The van der Waals surface area contributed by atoms with Gasteiger partial charge in [-0.15, -0.1) is 0 Å². The fourth-order valence-corrected chi connectivity index (χ4v) is 3.46. The van der Waals surface area contributed by atoms with Gasteiger partial charge in [-0.1, -0.05) is 35.3 Å². The molecule has 0 aliphatic carbocycles. The van der Waals surface area contributed by atoms with Gasteiger partial charge in [0.05, 0.1) is 5.56 Å². The van der Waals surface area contributed by atoms with Crippen LogP contribution in [-0.4, -0.2) is 13.1 Å². The van der Waals surface area contributed by atoms with E-state index in [9.17, 15) is 13.2 Å². The zero-order chi connectivity index (χ0) is 15.5. The standard InChI is InChI=1S/C16H21BrF3N/c1-2-12-4-3-8-21(9-7-12)14-6-5-13(11-17)15(10-14)16(18,19)20/h5-6,10,12H,2-4,7-9,11H2,1H3. The average Bonchev–Trinajstić information content (AvgIpc) is 2.71. The number of nitrogens with zero attached hydrogens (tertiary/aromatic N) is 1.